The fourth-order valence-electron chi connectivity index (χ4n) is 2.22. The van der Waals surface area contributed by atoms with Gasteiger partial charge in [-0.3, -0.25) is 4.72 Å². The van der Waals surface area contributed by atoms with E-state index in [1.165, 1.54) is 24.3 Å². The van der Waals surface area contributed by atoms with Gasteiger partial charge < -0.3 is 9.67 Å². The Hall–Kier alpha value is -2.73. The van der Waals surface area contributed by atoms with Gasteiger partial charge in [0.25, 0.3) is 10.0 Å². The van der Waals surface area contributed by atoms with Crippen molar-refractivity contribution in [2.75, 3.05) is 4.72 Å². The second-order valence-electron chi connectivity index (χ2n) is 5.19. The second-order valence-corrected chi connectivity index (χ2v) is 6.87. The number of aromatic nitrogens is 1. The monoisotopic (exact) mass is 328 g/mol. The molecule has 0 bridgehead atoms. The van der Waals surface area contributed by atoms with Gasteiger partial charge in [-0.1, -0.05) is 6.07 Å². The van der Waals surface area contributed by atoms with Crippen LogP contribution in [-0.2, 0) is 10.0 Å². The van der Waals surface area contributed by atoms with Crippen LogP contribution >= 0.6 is 0 Å². The summed E-state index contributed by atoms with van der Waals surface area (Å²) in [6.07, 6.45) is 3.78. The Bertz CT molecular complexity index is 915. The first-order chi connectivity index (χ1) is 11.0. The Morgan fingerprint density at radius 2 is 1.65 bits per heavy atom. The summed E-state index contributed by atoms with van der Waals surface area (Å²) < 4.78 is 29.4. The van der Waals surface area contributed by atoms with Crippen molar-refractivity contribution in [3.8, 4) is 11.4 Å². The molecule has 0 aliphatic rings. The van der Waals surface area contributed by atoms with E-state index in [-0.39, 0.29) is 10.6 Å². The molecule has 1 aromatic heterocycles. The number of hydrogen-bond acceptors (Lipinski definition) is 3. The first kappa shape index (κ1) is 15.2. The number of sulfonamides is 1. The maximum absolute atomic E-state index is 12.5. The predicted octanol–water partition coefficient (Wildman–Crippen LogP) is 3.29. The third-order valence-corrected chi connectivity index (χ3v) is 4.90. The summed E-state index contributed by atoms with van der Waals surface area (Å²) in [6.45, 7) is 1.84. The van der Waals surface area contributed by atoms with E-state index in [2.05, 4.69) is 4.72 Å². The van der Waals surface area contributed by atoms with Gasteiger partial charge in [-0.05, 0) is 61.0 Å². The summed E-state index contributed by atoms with van der Waals surface area (Å²) in [5.74, 6) is 0.0229. The average Bonchev–Trinajstić information content (AvgIpc) is 3.04. The maximum Gasteiger partial charge on any atom is 0.261 e. The van der Waals surface area contributed by atoms with Crippen LogP contribution in [0.1, 0.15) is 5.56 Å². The van der Waals surface area contributed by atoms with Gasteiger partial charge >= 0.3 is 0 Å². The Morgan fingerprint density at radius 3 is 2.30 bits per heavy atom. The Kier molecular flexibility index (Phi) is 3.83. The minimum Gasteiger partial charge on any atom is -0.508 e. The van der Waals surface area contributed by atoms with Crippen LogP contribution in [0.4, 0.5) is 5.69 Å². The van der Waals surface area contributed by atoms with Crippen LogP contribution in [0.5, 0.6) is 5.75 Å². The molecule has 0 spiro atoms. The fourth-order valence-corrected chi connectivity index (χ4v) is 3.34. The molecule has 0 fully saturated rings. The van der Waals surface area contributed by atoms with Gasteiger partial charge in [-0.15, -0.1) is 0 Å². The third-order valence-electron chi connectivity index (χ3n) is 3.52. The highest BCUT2D eigenvalue weighted by atomic mass is 32.2. The summed E-state index contributed by atoms with van der Waals surface area (Å²) in [6, 6.07) is 14.8. The van der Waals surface area contributed by atoms with Gasteiger partial charge in [0.2, 0.25) is 0 Å². The molecular weight excluding hydrogens is 312 g/mol. The number of rotatable bonds is 4. The van der Waals surface area contributed by atoms with Crippen LogP contribution in [0.25, 0.3) is 5.69 Å². The van der Waals surface area contributed by atoms with Crippen LogP contribution in [-0.4, -0.2) is 18.1 Å². The molecule has 2 aromatic carbocycles. The van der Waals surface area contributed by atoms with Gasteiger partial charge in [0.1, 0.15) is 5.75 Å². The quantitative estimate of drug-likeness (QED) is 0.772. The Balaban J connectivity index is 1.96. The summed E-state index contributed by atoms with van der Waals surface area (Å²) in [4.78, 5) is 0.0982. The number of phenolic OH excluding ortho intramolecular Hbond substituents is 1. The molecule has 0 aliphatic carbocycles. The van der Waals surface area contributed by atoms with Crippen LogP contribution < -0.4 is 4.72 Å². The van der Waals surface area contributed by atoms with Crippen LogP contribution in [0.2, 0.25) is 0 Å². The molecule has 0 saturated heterocycles. The average molecular weight is 328 g/mol. The molecule has 6 heteroatoms. The van der Waals surface area contributed by atoms with Crippen molar-refractivity contribution in [3.05, 3.63) is 72.6 Å². The minimum atomic E-state index is -3.71. The number of benzene rings is 2. The van der Waals surface area contributed by atoms with Crippen molar-refractivity contribution in [3.63, 3.8) is 0 Å². The van der Waals surface area contributed by atoms with Gasteiger partial charge in [-0.25, -0.2) is 8.42 Å². The highest BCUT2D eigenvalue weighted by Gasteiger charge is 2.15. The number of aryl methyl sites for hydroxylation is 1. The van der Waals surface area contributed by atoms with E-state index in [1.807, 2.05) is 48.1 Å². The highest BCUT2D eigenvalue weighted by Crippen LogP contribution is 2.24. The largest absolute Gasteiger partial charge is 0.508 e. The van der Waals surface area contributed by atoms with E-state index in [9.17, 15) is 13.5 Å². The molecule has 2 N–H and O–H groups in total. The molecule has 0 unspecified atom stereocenters. The maximum atomic E-state index is 12.5. The molecule has 0 atom stereocenters. The lowest BCUT2D eigenvalue weighted by Crippen LogP contribution is -2.14. The summed E-state index contributed by atoms with van der Waals surface area (Å²) in [5, 5.41) is 9.28. The zero-order chi connectivity index (χ0) is 16.4. The lowest BCUT2D eigenvalue weighted by Gasteiger charge is -2.13. The van der Waals surface area contributed by atoms with Gasteiger partial charge in [0, 0.05) is 18.1 Å². The normalized spacial score (nSPS) is 11.3. The van der Waals surface area contributed by atoms with Crippen molar-refractivity contribution in [2.24, 2.45) is 0 Å². The second kappa shape index (κ2) is 5.81. The first-order valence-corrected chi connectivity index (χ1v) is 8.50. The molecule has 0 saturated carbocycles. The lowest BCUT2D eigenvalue weighted by atomic mass is 10.2. The number of nitrogens with zero attached hydrogens (tertiary/aromatic N) is 1. The van der Waals surface area contributed by atoms with E-state index >= 15 is 0 Å². The van der Waals surface area contributed by atoms with Gasteiger partial charge in [-0.2, -0.15) is 0 Å². The zero-order valence-electron chi connectivity index (χ0n) is 12.5. The summed E-state index contributed by atoms with van der Waals surface area (Å²) >= 11 is 0. The van der Waals surface area contributed by atoms with Gasteiger partial charge in [0.05, 0.1) is 10.6 Å². The van der Waals surface area contributed by atoms with Crippen LogP contribution in [0.3, 0.4) is 0 Å². The van der Waals surface area contributed by atoms with E-state index in [0.717, 1.165) is 11.3 Å². The van der Waals surface area contributed by atoms with Gasteiger partial charge in [0.15, 0.2) is 0 Å². The van der Waals surface area contributed by atoms with Crippen molar-refractivity contribution in [1.82, 2.24) is 4.57 Å². The van der Waals surface area contributed by atoms with E-state index in [0.29, 0.717) is 5.69 Å². The van der Waals surface area contributed by atoms with E-state index < -0.39 is 10.0 Å². The highest BCUT2D eigenvalue weighted by molar-refractivity contribution is 7.92. The molecule has 0 aliphatic heterocycles. The van der Waals surface area contributed by atoms with Crippen LogP contribution in [0, 0.1) is 6.92 Å². The molecular formula is C17H16N2O3S. The lowest BCUT2D eigenvalue weighted by molar-refractivity contribution is 0.475. The summed E-state index contributed by atoms with van der Waals surface area (Å²) in [5.41, 5.74) is 2.21. The SMILES string of the molecule is Cc1ccc(-n2cccc2)cc1NS(=O)(=O)c1ccc(O)cc1. The standard InChI is InChI=1S/C17H16N2O3S/c1-13-4-5-14(19-10-2-3-11-19)12-17(13)18-23(21,22)16-8-6-15(20)7-9-16/h2-12,18,20H,1H3. The van der Waals surface area contributed by atoms with Crippen LogP contribution in [0.15, 0.2) is 71.9 Å². The topological polar surface area (TPSA) is 71.3 Å². The third kappa shape index (κ3) is 3.22. The van der Waals surface area contributed by atoms with Crippen molar-refractivity contribution >= 4 is 15.7 Å². The minimum absolute atomic E-state index is 0.0229. The number of nitrogens with one attached hydrogen (secondary N) is 1. The number of anilines is 1. The molecule has 23 heavy (non-hydrogen) atoms. The molecule has 118 valence electrons. The molecule has 3 rings (SSSR count). The fraction of sp³-hybridized carbons (Fsp3) is 0.0588. The predicted molar refractivity (Wildman–Crippen MR) is 89.4 cm³/mol. The van der Waals surface area contributed by atoms with Crippen molar-refractivity contribution in [2.45, 2.75) is 11.8 Å². The van der Waals surface area contributed by atoms with Crippen molar-refractivity contribution in [1.29, 1.82) is 0 Å². The zero-order valence-corrected chi connectivity index (χ0v) is 13.3. The Morgan fingerprint density at radius 1 is 1.00 bits per heavy atom. The number of phenols is 1. The molecule has 1 heterocycles. The number of aromatic hydroxyl groups is 1. The summed E-state index contributed by atoms with van der Waals surface area (Å²) in [7, 11) is -3.71. The smallest absolute Gasteiger partial charge is 0.261 e. The molecule has 0 radical (unpaired) electrons. The molecule has 5 nitrogen and oxygen atoms in total. The molecule has 0 amide bonds. The molecule has 3 aromatic rings. The Labute approximate surface area is 134 Å². The van der Waals surface area contributed by atoms with Crippen molar-refractivity contribution < 1.29 is 13.5 Å². The number of hydrogen-bond donors (Lipinski definition) is 2. The van der Waals surface area contributed by atoms with E-state index in [4.69, 9.17) is 0 Å². The first-order valence-electron chi connectivity index (χ1n) is 7.01. The van der Waals surface area contributed by atoms with E-state index in [1.54, 1.807) is 6.07 Å².